The van der Waals surface area contributed by atoms with Crippen LogP contribution < -0.4 is 11.1 Å². The third-order valence-corrected chi connectivity index (χ3v) is 4.70. The highest BCUT2D eigenvalue weighted by molar-refractivity contribution is 5.94. The minimum atomic E-state index is -0.984. The van der Waals surface area contributed by atoms with E-state index >= 15 is 0 Å². The van der Waals surface area contributed by atoms with Crippen LogP contribution in [0.4, 0.5) is 5.82 Å². The lowest BCUT2D eigenvalue weighted by Crippen LogP contribution is -2.23. The van der Waals surface area contributed by atoms with E-state index in [-0.39, 0.29) is 18.0 Å². The van der Waals surface area contributed by atoms with Gasteiger partial charge in [0.05, 0.1) is 11.3 Å². The van der Waals surface area contributed by atoms with Gasteiger partial charge in [-0.25, -0.2) is 4.79 Å². The predicted molar refractivity (Wildman–Crippen MR) is 109 cm³/mol. The molecule has 4 aromatic rings. The van der Waals surface area contributed by atoms with Crippen molar-refractivity contribution in [3.8, 4) is 11.3 Å². The van der Waals surface area contributed by atoms with Gasteiger partial charge < -0.3 is 21.1 Å². The van der Waals surface area contributed by atoms with E-state index in [1.165, 1.54) is 12.1 Å². The van der Waals surface area contributed by atoms with Crippen LogP contribution in [0.2, 0.25) is 0 Å². The maximum atomic E-state index is 12.5. The highest BCUT2D eigenvalue weighted by Crippen LogP contribution is 2.26. The Morgan fingerprint density at radius 2 is 1.90 bits per heavy atom. The number of carboxylic acids is 1. The normalized spacial score (nSPS) is 10.9. The fourth-order valence-electron chi connectivity index (χ4n) is 3.20. The summed E-state index contributed by atoms with van der Waals surface area (Å²) in [6, 6.07) is 15.8. The van der Waals surface area contributed by atoms with Gasteiger partial charge in [0.1, 0.15) is 5.82 Å². The number of carbonyl (C=O) groups is 2. The van der Waals surface area contributed by atoms with Crippen molar-refractivity contribution in [2.24, 2.45) is 7.05 Å². The summed E-state index contributed by atoms with van der Waals surface area (Å²) in [5.74, 6) is -0.693. The lowest BCUT2D eigenvalue weighted by atomic mass is 10.1. The minimum absolute atomic E-state index is 0.204. The summed E-state index contributed by atoms with van der Waals surface area (Å²) < 4.78 is 1.66. The Hall–Kier alpha value is -4.07. The molecule has 4 rings (SSSR count). The number of aromatic nitrogens is 3. The second-order valence-electron chi connectivity index (χ2n) is 6.75. The van der Waals surface area contributed by atoms with Gasteiger partial charge in [-0.1, -0.05) is 18.2 Å². The van der Waals surface area contributed by atoms with E-state index in [0.717, 1.165) is 27.7 Å². The highest BCUT2D eigenvalue weighted by atomic mass is 16.4. The first kappa shape index (κ1) is 18.3. The highest BCUT2D eigenvalue weighted by Gasteiger charge is 2.14. The lowest BCUT2D eigenvalue weighted by molar-refractivity contribution is 0.0696. The topological polar surface area (TPSA) is 126 Å². The van der Waals surface area contributed by atoms with Gasteiger partial charge in [-0.15, -0.1) is 0 Å². The smallest absolute Gasteiger partial charge is 0.335 e. The number of aromatic amines is 1. The Morgan fingerprint density at radius 1 is 1.14 bits per heavy atom. The van der Waals surface area contributed by atoms with Gasteiger partial charge in [-0.3, -0.25) is 9.48 Å². The Kier molecular flexibility index (Phi) is 4.52. The molecule has 146 valence electrons. The second-order valence-corrected chi connectivity index (χ2v) is 6.75. The molecule has 2 heterocycles. The predicted octanol–water partition coefficient (Wildman–Crippen LogP) is 2.78. The summed E-state index contributed by atoms with van der Waals surface area (Å²) in [5.41, 5.74) is 9.79. The molecule has 0 atom stereocenters. The number of nitrogens with one attached hydrogen (secondary N) is 2. The first-order valence-electron chi connectivity index (χ1n) is 8.94. The zero-order valence-corrected chi connectivity index (χ0v) is 15.6. The number of nitrogens with zero attached hydrogens (tertiary/aromatic N) is 2. The van der Waals surface area contributed by atoms with E-state index in [4.69, 9.17) is 10.8 Å². The molecule has 0 aliphatic rings. The van der Waals surface area contributed by atoms with Gasteiger partial charge >= 0.3 is 5.97 Å². The second kappa shape index (κ2) is 7.16. The van der Waals surface area contributed by atoms with E-state index in [9.17, 15) is 9.59 Å². The van der Waals surface area contributed by atoms with Crippen LogP contribution in [0.1, 0.15) is 26.4 Å². The summed E-state index contributed by atoms with van der Waals surface area (Å²) in [7, 11) is 1.78. The average molecular weight is 389 g/mol. The summed E-state index contributed by atoms with van der Waals surface area (Å²) in [6.07, 6.45) is 0. The first-order valence-corrected chi connectivity index (χ1v) is 8.94. The summed E-state index contributed by atoms with van der Waals surface area (Å²) >= 11 is 0. The monoisotopic (exact) mass is 389 g/mol. The summed E-state index contributed by atoms with van der Waals surface area (Å²) in [5, 5.41) is 17.0. The van der Waals surface area contributed by atoms with E-state index in [2.05, 4.69) is 15.4 Å². The van der Waals surface area contributed by atoms with E-state index in [1.807, 2.05) is 24.3 Å². The quantitative estimate of drug-likeness (QED) is 0.417. The van der Waals surface area contributed by atoms with E-state index in [1.54, 1.807) is 29.9 Å². The number of carbonyl (C=O) groups excluding carboxylic acids is 1. The molecule has 2 aromatic carbocycles. The number of nitrogens with two attached hydrogens (primary N) is 1. The molecule has 29 heavy (non-hydrogen) atoms. The lowest BCUT2D eigenvalue weighted by Gasteiger charge is -2.04. The van der Waals surface area contributed by atoms with Crippen LogP contribution in [0.25, 0.3) is 22.2 Å². The number of nitrogen functional groups attached to an aromatic ring is 1. The van der Waals surface area contributed by atoms with Crippen molar-refractivity contribution in [3.05, 3.63) is 71.4 Å². The molecular formula is C21H19N5O3. The number of amides is 1. The molecule has 0 saturated heterocycles. The van der Waals surface area contributed by atoms with Crippen molar-refractivity contribution in [1.29, 1.82) is 0 Å². The fraction of sp³-hybridized carbons (Fsp3) is 0.0952. The molecule has 0 bridgehead atoms. The average Bonchev–Trinajstić information content (AvgIpc) is 3.27. The largest absolute Gasteiger partial charge is 0.478 e. The van der Waals surface area contributed by atoms with Crippen molar-refractivity contribution in [3.63, 3.8) is 0 Å². The number of rotatable bonds is 5. The van der Waals surface area contributed by atoms with Crippen LogP contribution in [-0.4, -0.2) is 31.7 Å². The van der Waals surface area contributed by atoms with Gasteiger partial charge in [0, 0.05) is 30.1 Å². The van der Waals surface area contributed by atoms with E-state index < -0.39 is 5.97 Å². The zero-order chi connectivity index (χ0) is 20.5. The maximum Gasteiger partial charge on any atom is 0.335 e. The molecule has 0 saturated carbocycles. The number of aryl methyl sites for hydroxylation is 1. The summed E-state index contributed by atoms with van der Waals surface area (Å²) in [6.45, 7) is 0.277. The van der Waals surface area contributed by atoms with Crippen LogP contribution in [0, 0.1) is 0 Å². The molecule has 8 heteroatoms. The molecule has 2 aromatic heterocycles. The minimum Gasteiger partial charge on any atom is -0.478 e. The standard InChI is InChI=1S/C21H19N5O3/c1-26-18(14-6-7-16-15(8-14)9-19(22)24-16)10-17(25-26)20(27)23-11-12-2-4-13(5-3-12)21(28)29/h2-10,24H,11,22H2,1H3,(H,23,27)(H,28,29). The Morgan fingerprint density at radius 3 is 2.62 bits per heavy atom. The Bertz CT molecular complexity index is 1220. The first-order chi connectivity index (χ1) is 13.9. The van der Waals surface area contributed by atoms with Crippen LogP contribution in [0.3, 0.4) is 0 Å². The van der Waals surface area contributed by atoms with Crippen LogP contribution in [0.5, 0.6) is 0 Å². The Balaban J connectivity index is 1.50. The summed E-state index contributed by atoms with van der Waals surface area (Å²) in [4.78, 5) is 26.5. The molecule has 8 nitrogen and oxygen atoms in total. The molecule has 0 aliphatic heterocycles. The molecule has 1 amide bonds. The molecule has 0 aliphatic carbocycles. The number of benzene rings is 2. The molecule has 0 unspecified atom stereocenters. The van der Waals surface area contributed by atoms with Gasteiger partial charge in [-0.2, -0.15) is 5.10 Å². The number of aromatic carboxylic acids is 1. The SMILES string of the molecule is Cn1nc(C(=O)NCc2ccc(C(=O)O)cc2)cc1-c1ccc2[nH]c(N)cc2c1. The molecule has 0 radical (unpaired) electrons. The van der Waals surface area contributed by atoms with Crippen molar-refractivity contribution in [1.82, 2.24) is 20.1 Å². The molecule has 0 spiro atoms. The van der Waals surface area contributed by atoms with Crippen molar-refractivity contribution in [2.45, 2.75) is 6.54 Å². The van der Waals surface area contributed by atoms with Crippen LogP contribution in [-0.2, 0) is 13.6 Å². The van der Waals surface area contributed by atoms with Gasteiger partial charge in [-0.05, 0) is 42.0 Å². The number of hydrogen-bond acceptors (Lipinski definition) is 4. The number of hydrogen-bond donors (Lipinski definition) is 4. The molecule has 0 fully saturated rings. The third-order valence-electron chi connectivity index (χ3n) is 4.70. The number of fused-ring (bicyclic) bond motifs is 1. The van der Waals surface area contributed by atoms with Crippen molar-refractivity contribution >= 4 is 28.6 Å². The third kappa shape index (κ3) is 3.68. The van der Waals surface area contributed by atoms with Crippen LogP contribution >= 0.6 is 0 Å². The van der Waals surface area contributed by atoms with Crippen molar-refractivity contribution in [2.75, 3.05) is 5.73 Å². The molecular weight excluding hydrogens is 370 g/mol. The maximum absolute atomic E-state index is 12.5. The number of anilines is 1. The van der Waals surface area contributed by atoms with Crippen molar-refractivity contribution < 1.29 is 14.7 Å². The Labute approximate surface area is 166 Å². The zero-order valence-electron chi connectivity index (χ0n) is 15.6. The van der Waals surface area contributed by atoms with E-state index in [0.29, 0.717) is 11.5 Å². The number of H-pyrrole nitrogens is 1. The molecule has 5 N–H and O–H groups in total. The number of carboxylic acid groups (broad SMARTS) is 1. The van der Waals surface area contributed by atoms with Gasteiger partial charge in [0.2, 0.25) is 0 Å². The van der Waals surface area contributed by atoms with Crippen LogP contribution in [0.15, 0.2) is 54.6 Å². The van der Waals surface area contributed by atoms with Gasteiger partial charge in [0.25, 0.3) is 5.91 Å². The fourth-order valence-corrected chi connectivity index (χ4v) is 3.20. The van der Waals surface area contributed by atoms with Gasteiger partial charge in [0.15, 0.2) is 5.69 Å².